The number of benzene rings is 3. The van der Waals surface area contributed by atoms with Gasteiger partial charge >= 0.3 is 11.8 Å². The van der Waals surface area contributed by atoms with Gasteiger partial charge in [0.1, 0.15) is 16.8 Å². The van der Waals surface area contributed by atoms with Crippen molar-refractivity contribution >= 4 is 27.9 Å². The Morgan fingerprint density at radius 1 is 0.976 bits per heavy atom. The SMILES string of the molecule is CCOC(=O)c1ccc(-c2cc3c(Oc4ccc5[nH]c(C)cc5c4F)nc[n+](Cc4ccc(OC)cc4)c3[nH]2)cc1. The van der Waals surface area contributed by atoms with E-state index in [-0.39, 0.29) is 17.6 Å². The molecule has 0 aliphatic rings. The number of carbonyl (C=O) groups is 1. The van der Waals surface area contributed by atoms with Gasteiger partial charge in [0, 0.05) is 22.2 Å². The second-order valence-corrected chi connectivity index (χ2v) is 9.66. The molecule has 8 nitrogen and oxygen atoms in total. The second kappa shape index (κ2) is 10.8. The average Bonchev–Trinajstić information content (AvgIpc) is 3.61. The average molecular weight is 552 g/mol. The topological polar surface area (TPSA) is 93.1 Å². The third-order valence-electron chi connectivity index (χ3n) is 6.89. The van der Waals surface area contributed by atoms with Crippen molar-refractivity contribution in [1.29, 1.82) is 0 Å². The molecule has 9 heteroatoms. The van der Waals surface area contributed by atoms with Crippen LogP contribution in [-0.4, -0.2) is 34.6 Å². The van der Waals surface area contributed by atoms with E-state index in [1.165, 1.54) is 0 Å². The van der Waals surface area contributed by atoms with Crippen LogP contribution in [0.2, 0.25) is 0 Å². The first-order chi connectivity index (χ1) is 19.9. The van der Waals surface area contributed by atoms with Crippen molar-refractivity contribution in [2.75, 3.05) is 13.7 Å². The molecule has 0 saturated heterocycles. The lowest BCUT2D eigenvalue weighted by atomic mass is 10.1. The van der Waals surface area contributed by atoms with Gasteiger partial charge in [0.2, 0.25) is 12.0 Å². The Kier molecular flexibility index (Phi) is 6.84. The number of esters is 1. The Morgan fingerprint density at radius 3 is 2.49 bits per heavy atom. The van der Waals surface area contributed by atoms with Gasteiger partial charge < -0.3 is 19.2 Å². The molecule has 2 N–H and O–H groups in total. The van der Waals surface area contributed by atoms with Gasteiger partial charge in [0.05, 0.1) is 25.8 Å². The lowest BCUT2D eigenvalue weighted by Gasteiger charge is -2.08. The number of H-pyrrole nitrogens is 2. The minimum absolute atomic E-state index is 0.0831. The van der Waals surface area contributed by atoms with Crippen molar-refractivity contribution in [3.05, 3.63) is 102 Å². The maximum Gasteiger partial charge on any atom is 0.338 e. The Morgan fingerprint density at radius 2 is 1.76 bits per heavy atom. The van der Waals surface area contributed by atoms with Crippen molar-refractivity contribution in [3.8, 4) is 28.6 Å². The third kappa shape index (κ3) is 5.09. The molecular weight excluding hydrogens is 523 g/mol. The van der Waals surface area contributed by atoms with Crippen molar-refractivity contribution < 1.29 is 28.0 Å². The van der Waals surface area contributed by atoms with Crippen LogP contribution in [0.1, 0.15) is 28.5 Å². The van der Waals surface area contributed by atoms with Crippen LogP contribution in [0.25, 0.3) is 33.2 Å². The van der Waals surface area contributed by atoms with Crippen LogP contribution in [0.15, 0.2) is 79.1 Å². The molecule has 0 aliphatic carbocycles. The minimum atomic E-state index is -0.456. The first-order valence-electron chi connectivity index (χ1n) is 13.2. The molecule has 3 aromatic carbocycles. The van der Waals surface area contributed by atoms with E-state index in [4.69, 9.17) is 14.2 Å². The monoisotopic (exact) mass is 551 g/mol. The molecule has 3 aromatic heterocycles. The summed E-state index contributed by atoms with van der Waals surface area (Å²) in [5, 5.41) is 1.13. The van der Waals surface area contributed by atoms with Crippen LogP contribution >= 0.6 is 0 Å². The van der Waals surface area contributed by atoms with Gasteiger partial charge in [-0.3, -0.25) is 4.98 Å². The van der Waals surface area contributed by atoms with Crippen molar-refractivity contribution in [2.24, 2.45) is 0 Å². The normalized spacial score (nSPS) is 11.2. The molecule has 3 heterocycles. The van der Waals surface area contributed by atoms with Crippen molar-refractivity contribution in [2.45, 2.75) is 20.4 Å². The zero-order valence-corrected chi connectivity index (χ0v) is 22.8. The Hall–Kier alpha value is -5.18. The molecule has 6 rings (SSSR count). The molecule has 0 bridgehead atoms. The number of carbonyl (C=O) groups excluding carboxylic acids is 1. The van der Waals surface area contributed by atoms with Gasteiger partial charge in [-0.2, -0.15) is 0 Å². The van der Waals surface area contributed by atoms with Gasteiger partial charge in [-0.1, -0.05) is 29.2 Å². The summed E-state index contributed by atoms with van der Waals surface area (Å²) >= 11 is 0. The molecule has 6 aromatic rings. The number of rotatable bonds is 8. The molecule has 206 valence electrons. The fourth-order valence-corrected chi connectivity index (χ4v) is 4.84. The standard InChI is InChI=1S/C32H27FN4O4/c1-4-40-32(38)22-9-7-21(8-10-22)27-16-25-30(36-27)37(17-20-5-11-23(39-3)12-6-20)18-34-31(25)41-28-14-13-26-24(29(28)33)15-19(2)35-26/h5-16,18,35H,4,17H2,1-3H3/p+1. The number of aromatic nitrogens is 4. The number of aromatic amines is 2. The molecule has 0 aliphatic heterocycles. The number of halogens is 1. The predicted molar refractivity (Wildman–Crippen MR) is 153 cm³/mol. The lowest BCUT2D eigenvalue weighted by molar-refractivity contribution is -0.667. The smallest absolute Gasteiger partial charge is 0.338 e. The van der Waals surface area contributed by atoms with E-state index in [2.05, 4.69) is 15.0 Å². The van der Waals surface area contributed by atoms with Crippen LogP contribution in [0.3, 0.4) is 0 Å². The maximum atomic E-state index is 15.4. The van der Waals surface area contributed by atoms with Gasteiger partial charge in [-0.15, -0.1) is 0 Å². The molecule has 0 unspecified atom stereocenters. The van der Waals surface area contributed by atoms with Crippen molar-refractivity contribution in [1.82, 2.24) is 15.0 Å². The van der Waals surface area contributed by atoms with Crippen LogP contribution in [0.4, 0.5) is 4.39 Å². The van der Waals surface area contributed by atoms with E-state index in [0.29, 0.717) is 35.0 Å². The van der Waals surface area contributed by atoms with Crippen LogP contribution < -0.4 is 14.0 Å². The molecule has 0 saturated carbocycles. The third-order valence-corrected chi connectivity index (χ3v) is 6.89. The van der Waals surface area contributed by atoms with E-state index < -0.39 is 5.82 Å². The summed E-state index contributed by atoms with van der Waals surface area (Å²) in [7, 11) is 1.63. The number of methoxy groups -OCH3 is 1. The first kappa shape index (κ1) is 26.1. The van der Waals surface area contributed by atoms with Crippen LogP contribution in [0.5, 0.6) is 17.4 Å². The van der Waals surface area contributed by atoms with E-state index >= 15 is 4.39 Å². The Balaban J connectivity index is 1.41. The highest BCUT2D eigenvalue weighted by atomic mass is 19.1. The number of fused-ring (bicyclic) bond motifs is 2. The number of nitrogens with one attached hydrogen (secondary N) is 2. The maximum absolute atomic E-state index is 15.4. The molecule has 0 spiro atoms. The molecule has 0 amide bonds. The van der Waals surface area contributed by atoms with Gasteiger partial charge in [0.15, 0.2) is 11.6 Å². The first-order valence-corrected chi connectivity index (χ1v) is 13.2. The summed E-state index contributed by atoms with van der Waals surface area (Å²) in [6.45, 7) is 4.49. The summed E-state index contributed by atoms with van der Waals surface area (Å²) in [5.74, 6) is 0.296. The number of hydrogen-bond acceptors (Lipinski definition) is 5. The van der Waals surface area contributed by atoms with E-state index in [9.17, 15) is 4.79 Å². The number of nitrogens with zero attached hydrogens (tertiary/aromatic N) is 2. The zero-order chi connectivity index (χ0) is 28.5. The predicted octanol–water partition coefficient (Wildman–Crippen LogP) is 6.47. The van der Waals surface area contributed by atoms with Gasteiger partial charge in [0.25, 0.3) is 0 Å². The summed E-state index contributed by atoms with van der Waals surface area (Å²) in [5.41, 5.74) is 5.46. The minimum Gasteiger partial charge on any atom is -0.497 e. The quantitative estimate of drug-likeness (QED) is 0.167. The van der Waals surface area contributed by atoms with E-state index in [1.54, 1.807) is 50.7 Å². The highest BCUT2D eigenvalue weighted by molar-refractivity contribution is 5.91. The molecule has 0 fully saturated rings. The van der Waals surface area contributed by atoms with Crippen LogP contribution in [-0.2, 0) is 11.3 Å². The summed E-state index contributed by atoms with van der Waals surface area (Å²) in [6, 6.07) is 22.0. The van der Waals surface area contributed by atoms with Crippen LogP contribution in [0, 0.1) is 12.7 Å². The number of hydrogen-bond donors (Lipinski definition) is 2. The fourth-order valence-electron chi connectivity index (χ4n) is 4.84. The Bertz CT molecular complexity index is 1880. The molecule has 0 atom stereocenters. The molecular formula is C32H28FN4O4+. The number of ether oxygens (including phenoxy) is 3. The van der Waals surface area contributed by atoms with Gasteiger partial charge in [-0.05, 0) is 67.9 Å². The lowest BCUT2D eigenvalue weighted by Crippen LogP contribution is -2.35. The Labute approximate surface area is 235 Å². The summed E-state index contributed by atoms with van der Waals surface area (Å²) in [6.07, 6.45) is 1.67. The highest BCUT2D eigenvalue weighted by Crippen LogP contribution is 2.34. The van der Waals surface area contributed by atoms with E-state index in [0.717, 1.165) is 33.9 Å². The summed E-state index contributed by atoms with van der Waals surface area (Å²) in [4.78, 5) is 23.3. The highest BCUT2D eigenvalue weighted by Gasteiger charge is 2.22. The molecule has 0 radical (unpaired) electrons. The van der Waals surface area contributed by atoms with Crippen molar-refractivity contribution in [3.63, 3.8) is 0 Å². The zero-order valence-electron chi connectivity index (χ0n) is 22.8. The number of aryl methyl sites for hydroxylation is 1. The van der Waals surface area contributed by atoms with E-state index in [1.807, 2.05) is 54.0 Å². The summed E-state index contributed by atoms with van der Waals surface area (Å²) < 4.78 is 33.8. The van der Waals surface area contributed by atoms with Gasteiger partial charge in [-0.25, -0.2) is 13.8 Å². The second-order valence-electron chi connectivity index (χ2n) is 9.66. The fraction of sp³-hybridized carbons (Fsp3) is 0.156. The largest absolute Gasteiger partial charge is 0.497 e. The molecule has 41 heavy (non-hydrogen) atoms.